The second-order valence-corrected chi connectivity index (χ2v) is 6.25. The van der Waals surface area contributed by atoms with Gasteiger partial charge in [-0.15, -0.1) is 0 Å². The number of amides is 1. The molecule has 3 aromatic rings. The lowest BCUT2D eigenvalue weighted by atomic mass is 9.93. The summed E-state index contributed by atoms with van der Waals surface area (Å²) in [5, 5.41) is 9.94. The van der Waals surface area contributed by atoms with E-state index in [-0.39, 0.29) is 18.1 Å². The minimum absolute atomic E-state index is 0.107. The van der Waals surface area contributed by atoms with E-state index in [1.54, 1.807) is 37.0 Å². The zero-order valence-electron chi connectivity index (χ0n) is 14.1. The van der Waals surface area contributed by atoms with Gasteiger partial charge in [0.05, 0.1) is 12.5 Å². The van der Waals surface area contributed by atoms with E-state index in [0.717, 1.165) is 25.7 Å². The van der Waals surface area contributed by atoms with Crippen LogP contribution in [-0.2, 0) is 0 Å². The third kappa shape index (κ3) is 3.74. The van der Waals surface area contributed by atoms with Gasteiger partial charge in [0.15, 0.2) is 11.5 Å². The molecule has 3 heterocycles. The Morgan fingerprint density at radius 1 is 1.27 bits per heavy atom. The Hall–Kier alpha value is -3.16. The minimum Gasteiger partial charge on any atom is -0.473 e. The average molecular weight is 353 g/mol. The lowest BCUT2D eigenvalue weighted by molar-refractivity contribution is 0.0885. The molecule has 2 N–H and O–H groups in total. The highest BCUT2D eigenvalue weighted by Gasteiger charge is 2.25. The van der Waals surface area contributed by atoms with Crippen molar-refractivity contribution in [3.05, 3.63) is 48.7 Å². The first kappa shape index (κ1) is 16.3. The van der Waals surface area contributed by atoms with Gasteiger partial charge in [0.1, 0.15) is 11.8 Å². The Balaban J connectivity index is 1.28. The van der Waals surface area contributed by atoms with E-state index in [1.165, 1.54) is 0 Å². The zero-order valence-corrected chi connectivity index (χ0v) is 14.1. The highest BCUT2D eigenvalue weighted by atomic mass is 16.5. The van der Waals surface area contributed by atoms with Crippen LogP contribution in [0.25, 0.3) is 11.5 Å². The summed E-state index contributed by atoms with van der Waals surface area (Å²) in [4.78, 5) is 20.5. The zero-order chi connectivity index (χ0) is 17.8. The molecule has 3 aromatic heterocycles. The van der Waals surface area contributed by atoms with Gasteiger partial charge in [-0.1, -0.05) is 0 Å². The normalized spacial score (nSPS) is 19.8. The van der Waals surface area contributed by atoms with Crippen molar-refractivity contribution in [3.8, 4) is 17.3 Å². The molecule has 1 aliphatic rings. The number of ether oxygens (including phenoxy) is 1. The predicted octanol–water partition coefficient (Wildman–Crippen LogP) is 2.58. The van der Waals surface area contributed by atoms with Gasteiger partial charge in [0.2, 0.25) is 5.88 Å². The molecule has 0 atom stereocenters. The number of aromatic nitrogens is 4. The van der Waals surface area contributed by atoms with E-state index in [0.29, 0.717) is 23.0 Å². The Kier molecular flexibility index (Phi) is 4.63. The smallest absolute Gasteiger partial charge is 0.272 e. The lowest BCUT2D eigenvalue weighted by Gasteiger charge is -2.28. The van der Waals surface area contributed by atoms with Gasteiger partial charge in [-0.25, -0.2) is 4.98 Å². The Labute approximate surface area is 150 Å². The number of hydrogen-bond acceptors (Lipinski definition) is 6. The highest BCUT2D eigenvalue weighted by molar-refractivity contribution is 5.93. The molecule has 0 aliphatic heterocycles. The SMILES string of the molecule is O=C(NC1CCC(Oc2cnccn2)CC1)c1cc(-c2ccco2)[nH]n1. The van der Waals surface area contributed by atoms with Crippen LogP contribution >= 0.6 is 0 Å². The number of nitrogens with zero attached hydrogens (tertiary/aromatic N) is 3. The summed E-state index contributed by atoms with van der Waals surface area (Å²) in [6.45, 7) is 0. The molecule has 8 nitrogen and oxygen atoms in total. The average Bonchev–Trinajstić information content (AvgIpc) is 3.36. The first-order valence-electron chi connectivity index (χ1n) is 8.61. The second kappa shape index (κ2) is 7.38. The standard InChI is InChI=1S/C18H19N5O3/c24-18(15-10-14(22-23-15)16-2-1-9-25-16)21-12-3-5-13(6-4-12)26-17-11-19-7-8-20-17/h1-2,7-13H,3-6H2,(H,21,24)(H,22,23). The minimum atomic E-state index is -0.183. The third-order valence-corrected chi connectivity index (χ3v) is 4.43. The molecule has 0 unspecified atom stereocenters. The Morgan fingerprint density at radius 2 is 2.15 bits per heavy atom. The van der Waals surface area contributed by atoms with Gasteiger partial charge in [-0.05, 0) is 37.8 Å². The van der Waals surface area contributed by atoms with Gasteiger partial charge in [-0.3, -0.25) is 14.9 Å². The van der Waals surface area contributed by atoms with Crippen LogP contribution in [0.4, 0.5) is 0 Å². The van der Waals surface area contributed by atoms with Crippen LogP contribution in [0.2, 0.25) is 0 Å². The molecule has 0 bridgehead atoms. The molecule has 134 valence electrons. The van der Waals surface area contributed by atoms with Crippen LogP contribution < -0.4 is 10.1 Å². The second-order valence-electron chi connectivity index (χ2n) is 6.25. The van der Waals surface area contributed by atoms with Crippen LogP contribution in [0, 0.1) is 0 Å². The van der Waals surface area contributed by atoms with Crippen molar-refractivity contribution in [2.45, 2.75) is 37.8 Å². The molecule has 26 heavy (non-hydrogen) atoms. The van der Waals surface area contributed by atoms with E-state index in [1.807, 2.05) is 6.07 Å². The Bertz CT molecular complexity index is 839. The van der Waals surface area contributed by atoms with Crippen molar-refractivity contribution in [1.29, 1.82) is 0 Å². The number of carbonyl (C=O) groups is 1. The van der Waals surface area contributed by atoms with Crippen LogP contribution in [-0.4, -0.2) is 38.2 Å². The number of aromatic amines is 1. The molecule has 1 fully saturated rings. The van der Waals surface area contributed by atoms with Crippen LogP contribution in [0.1, 0.15) is 36.2 Å². The first-order valence-corrected chi connectivity index (χ1v) is 8.61. The number of H-pyrrole nitrogens is 1. The number of hydrogen-bond donors (Lipinski definition) is 2. The van der Waals surface area contributed by atoms with Gasteiger partial charge < -0.3 is 14.5 Å². The van der Waals surface area contributed by atoms with Gasteiger partial charge >= 0.3 is 0 Å². The largest absolute Gasteiger partial charge is 0.473 e. The summed E-state index contributed by atoms with van der Waals surface area (Å²) < 4.78 is 11.1. The molecule has 1 saturated carbocycles. The summed E-state index contributed by atoms with van der Waals surface area (Å²) in [6, 6.07) is 5.41. The van der Waals surface area contributed by atoms with Gasteiger partial charge in [0.25, 0.3) is 5.91 Å². The summed E-state index contributed by atoms with van der Waals surface area (Å²) in [5.41, 5.74) is 1.04. The van der Waals surface area contributed by atoms with E-state index in [9.17, 15) is 4.79 Å². The predicted molar refractivity (Wildman–Crippen MR) is 92.5 cm³/mol. The number of rotatable bonds is 5. The molecule has 0 aromatic carbocycles. The van der Waals surface area contributed by atoms with Crippen molar-refractivity contribution in [2.24, 2.45) is 0 Å². The maximum Gasteiger partial charge on any atom is 0.272 e. The fraction of sp³-hybridized carbons (Fsp3) is 0.333. The van der Waals surface area contributed by atoms with Crippen LogP contribution in [0.15, 0.2) is 47.5 Å². The summed E-state index contributed by atoms with van der Waals surface area (Å²) in [7, 11) is 0. The van der Waals surface area contributed by atoms with Crippen LogP contribution in [0.3, 0.4) is 0 Å². The summed E-state index contributed by atoms with van der Waals surface area (Å²) in [6.07, 6.45) is 9.96. The van der Waals surface area contributed by atoms with E-state index in [4.69, 9.17) is 9.15 Å². The maximum atomic E-state index is 12.4. The Morgan fingerprint density at radius 3 is 2.88 bits per heavy atom. The summed E-state index contributed by atoms with van der Waals surface area (Å²) >= 11 is 0. The lowest BCUT2D eigenvalue weighted by Crippen LogP contribution is -2.39. The molecule has 0 saturated heterocycles. The molecule has 1 amide bonds. The molecular weight excluding hydrogens is 334 g/mol. The quantitative estimate of drug-likeness (QED) is 0.730. The molecule has 0 spiro atoms. The molecule has 8 heteroatoms. The fourth-order valence-corrected chi connectivity index (χ4v) is 3.10. The molecule has 0 radical (unpaired) electrons. The van der Waals surface area contributed by atoms with Crippen molar-refractivity contribution in [2.75, 3.05) is 0 Å². The highest BCUT2D eigenvalue weighted by Crippen LogP contribution is 2.23. The molecular formula is C18H19N5O3. The first-order chi connectivity index (χ1) is 12.8. The van der Waals surface area contributed by atoms with Gasteiger partial charge in [0, 0.05) is 24.5 Å². The maximum absolute atomic E-state index is 12.4. The molecule has 4 rings (SSSR count). The topological polar surface area (TPSA) is 106 Å². The fourth-order valence-electron chi connectivity index (χ4n) is 3.10. The number of furan rings is 1. The van der Waals surface area contributed by atoms with Crippen molar-refractivity contribution < 1.29 is 13.9 Å². The summed E-state index contributed by atoms with van der Waals surface area (Å²) in [5.74, 6) is 1.01. The molecule has 1 aliphatic carbocycles. The van der Waals surface area contributed by atoms with E-state index >= 15 is 0 Å². The van der Waals surface area contributed by atoms with Gasteiger partial charge in [-0.2, -0.15) is 5.10 Å². The van der Waals surface area contributed by atoms with Crippen molar-refractivity contribution in [1.82, 2.24) is 25.5 Å². The number of carbonyl (C=O) groups excluding carboxylic acids is 1. The van der Waals surface area contributed by atoms with E-state index < -0.39 is 0 Å². The van der Waals surface area contributed by atoms with Crippen molar-refractivity contribution in [3.63, 3.8) is 0 Å². The van der Waals surface area contributed by atoms with Crippen LogP contribution in [0.5, 0.6) is 5.88 Å². The number of nitrogens with one attached hydrogen (secondary N) is 2. The monoisotopic (exact) mass is 353 g/mol. The van der Waals surface area contributed by atoms with E-state index in [2.05, 4.69) is 25.5 Å². The van der Waals surface area contributed by atoms with Crippen molar-refractivity contribution >= 4 is 5.91 Å². The third-order valence-electron chi connectivity index (χ3n) is 4.43.